The Labute approximate surface area is 144 Å². The molecule has 0 aromatic heterocycles. The van der Waals surface area contributed by atoms with E-state index in [4.69, 9.17) is 9.47 Å². The third kappa shape index (κ3) is 2.97. The van der Waals surface area contributed by atoms with E-state index in [-0.39, 0.29) is 18.1 Å². The predicted molar refractivity (Wildman–Crippen MR) is 86.7 cm³/mol. The maximum Gasteiger partial charge on any atom is 0.586 e. The van der Waals surface area contributed by atoms with E-state index in [0.29, 0.717) is 23.8 Å². The minimum absolute atomic E-state index is 0.0269. The lowest BCUT2D eigenvalue weighted by molar-refractivity contribution is -0.287. The van der Waals surface area contributed by atoms with Crippen molar-refractivity contribution in [2.75, 3.05) is 6.61 Å². The van der Waals surface area contributed by atoms with Crippen LogP contribution in [0.2, 0.25) is 0 Å². The summed E-state index contributed by atoms with van der Waals surface area (Å²) < 4.78 is 47.3. The van der Waals surface area contributed by atoms with Crippen LogP contribution in [0.4, 0.5) is 8.78 Å². The normalized spacial score (nSPS) is 19.4. The SMILES string of the molecule is CC[C@@H]1COc2cc(OCc3cc(C)cc4c3OC(F)(F)O4)ccc21. The van der Waals surface area contributed by atoms with E-state index in [1.54, 1.807) is 13.0 Å². The van der Waals surface area contributed by atoms with Crippen LogP contribution in [-0.2, 0) is 6.61 Å². The lowest BCUT2D eigenvalue weighted by Gasteiger charge is -2.11. The smallest absolute Gasteiger partial charge is 0.493 e. The molecule has 2 aromatic rings. The Morgan fingerprint density at radius 3 is 2.80 bits per heavy atom. The van der Waals surface area contributed by atoms with E-state index in [0.717, 1.165) is 17.7 Å². The summed E-state index contributed by atoms with van der Waals surface area (Å²) in [6.45, 7) is 4.71. The average Bonchev–Trinajstić information content (AvgIpc) is 3.10. The van der Waals surface area contributed by atoms with Gasteiger partial charge in [0.2, 0.25) is 0 Å². The third-order valence-corrected chi connectivity index (χ3v) is 4.48. The summed E-state index contributed by atoms with van der Waals surface area (Å²) in [6.07, 6.45) is -2.62. The molecule has 2 aromatic carbocycles. The molecule has 0 radical (unpaired) electrons. The Kier molecular flexibility index (Phi) is 3.71. The molecule has 2 aliphatic heterocycles. The van der Waals surface area contributed by atoms with Gasteiger partial charge in [-0.25, -0.2) is 0 Å². The number of aryl methyl sites for hydroxylation is 1. The Morgan fingerprint density at radius 1 is 1.16 bits per heavy atom. The molecule has 4 rings (SSSR count). The number of ether oxygens (including phenoxy) is 4. The van der Waals surface area contributed by atoms with E-state index in [1.807, 2.05) is 18.2 Å². The monoisotopic (exact) mass is 348 g/mol. The topological polar surface area (TPSA) is 36.9 Å². The highest BCUT2D eigenvalue weighted by Gasteiger charge is 2.44. The zero-order valence-corrected chi connectivity index (χ0v) is 14.0. The number of alkyl halides is 2. The summed E-state index contributed by atoms with van der Waals surface area (Å²) in [4.78, 5) is 0. The summed E-state index contributed by atoms with van der Waals surface area (Å²) in [5.41, 5.74) is 2.49. The molecule has 0 aliphatic carbocycles. The molecule has 0 unspecified atom stereocenters. The van der Waals surface area contributed by atoms with Gasteiger partial charge < -0.3 is 18.9 Å². The maximum absolute atomic E-state index is 13.3. The summed E-state index contributed by atoms with van der Waals surface area (Å²) >= 11 is 0. The average molecular weight is 348 g/mol. The Bertz CT molecular complexity index is 819. The molecule has 2 heterocycles. The molecule has 6 heteroatoms. The van der Waals surface area contributed by atoms with E-state index in [9.17, 15) is 8.78 Å². The first-order valence-corrected chi connectivity index (χ1v) is 8.24. The van der Waals surface area contributed by atoms with E-state index in [2.05, 4.69) is 16.4 Å². The molecule has 0 saturated carbocycles. The van der Waals surface area contributed by atoms with Gasteiger partial charge in [0.05, 0.1) is 6.61 Å². The van der Waals surface area contributed by atoms with Gasteiger partial charge in [-0.2, -0.15) is 0 Å². The number of fused-ring (bicyclic) bond motifs is 2. The van der Waals surface area contributed by atoms with Crippen molar-refractivity contribution in [2.24, 2.45) is 0 Å². The molecule has 0 N–H and O–H groups in total. The van der Waals surface area contributed by atoms with Crippen LogP contribution in [0, 0.1) is 6.92 Å². The molecular weight excluding hydrogens is 330 g/mol. The number of benzene rings is 2. The number of hydrogen-bond donors (Lipinski definition) is 0. The van der Waals surface area contributed by atoms with Crippen molar-refractivity contribution in [3.63, 3.8) is 0 Å². The van der Waals surface area contributed by atoms with Crippen molar-refractivity contribution in [3.8, 4) is 23.0 Å². The van der Waals surface area contributed by atoms with Gasteiger partial charge in [0.15, 0.2) is 11.5 Å². The van der Waals surface area contributed by atoms with E-state index >= 15 is 0 Å². The second kappa shape index (κ2) is 5.79. The molecule has 4 nitrogen and oxygen atoms in total. The summed E-state index contributed by atoms with van der Waals surface area (Å²) in [7, 11) is 0. The van der Waals surface area contributed by atoms with Gasteiger partial charge in [0, 0.05) is 23.1 Å². The number of hydrogen-bond acceptors (Lipinski definition) is 4. The van der Waals surface area contributed by atoms with Crippen molar-refractivity contribution in [2.45, 2.75) is 39.1 Å². The summed E-state index contributed by atoms with van der Waals surface area (Å²) in [5, 5.41) is 0. The molecule has 1 atom stereocenters. The highest BCUT2D eigenvalue weighted by molar-refractivity contribution is 5.51. The maximum atomic E-state index is 13.3. The molecule has 0 spiro atoms. The highest BCUT2D eigenvalue weighted by atomic mass is 19.3. The van der Waals surface area contributed by atoms with Gasteiger partial charge in [0.25, 0.3) is 0 Å². The molecule has 0 saturated heterocycles. The van der Waals surface area contributed by atoms with Crippen molar-refractivity contribution in [3.05, 3.63) is 47.0 Å². The van der Waals surface area contributed by atoms with Crippen LogP contribution in [0.1, 0.15) is 36.0 Å². The molecule has 2 aliphatic rings. The largest absolute Gasteiger partial charge is 0.586 e. The first-order valence-electron chi connectivity index (χ1n) is 8.24. The highest BCUT2D eigenvalue weighted by Crippen LogP contribution is 2.44. The summed E-state index contributed by atoms with van der Waals surface area (Å²) in [6, 6.07) is 8.99. The predicted octanol–water partition coefficient (Wildman–Crippen LogP) is 4.78. The molecule has 132 valence electrons. The van der Waals surface area contributed by atoms with Crippen LogP contribution in [0.3, 0.4) is 0 Å². The number of rotatable bonds is 4. The Balaban J connectivity index is 1.54. The van der Waals surface area contributed by atoms with E-state index < -0.39 is 6.29 Å². The standard InChI is InChI=1S/C19H18F2O4/c1-3-12-9-23-16-8-14(4-5-15(12)16)22-10-13-6-11(2)7-17-18(13)25-19(20,21)24-17/h4-8,12H,3,9-10H2,1-2H3/t12-/m1/s1. The lowest BCUT2D eigenvalue weighted by atomic mass is 9.99. The van der Waals surface area contributed by atoms with Crippen molar-refractivity contribution in [1.82, 2.24) is 0 Å². The Hall–Kier alpha value is -2.50. The minimum atomic E-state index is -3.64. The Morgan fingerprint density at radius 2 is 2.00 bits per heavy atom. The van der Waals surface area contributed by atoms with Crippen LogP contribution in [0.15, 0.2) is 30.3 Å². The van der Waals surface area contributed by atoms with Crippen LogP contribution in [0.5, 0.6) is 23.0 Å². The fourth-order valence-electron chi connectivity index (χ4n) is 3.22. The zero-order chi connectivity index (χ0) is 17.6. The molecule has 0 fully saturated rings. The van der Waals surface area contributed by atoms with Gasteiger partial charge in [-0.1, -0.05) is 13.0 Å². The van der Waals surface area contributed by atoms with Crippen molar-refractivity contribution >= 4 is 0 Å². The second-order valence-electron chi connectivity index (χ2n) is 6.32. The van der Waals surface area contributed by atoms with E-state index in [1.165, 1.54) is 11.6 Å². The second-order valence-corrected chi connectivity index (χ2v) is 6.32. The fourth-order valence-corrected chi connectivity index (χ4v) is 3.22. The lowest BCUT2D eigenvalue weighted by Crippen LogP contribution is -2.26. The van der Waals surface area contributed by atoms with Crippen LogP contribution >= 0.6 is 0 Å². The van der Waals surface area contributed by atoms with Gasteiger partial charge in [-0.05, 0) is 37.1 Å². The molecule has 0 amide bonds. The minimum Gasteiger partial charge on any atom is -0.493 e. The van der Waals surface area contributed by atoms with Gasteiger partial charge >= 0.3 is 6.29 Å². The van der Waals surface area contributed by atoms with Gasteiger partial charge in [0.1, 0.15) is 18.1 Å². The zero-order valence-electron chi connectivity index (χ0n) is 14.0. The van der Waals surface area contributed by atoms with Gasteiger partial charge in [-0.15, -0.1) is 8.78 Å². The van der Waals surface area contributed by atoms with Gasteiger partial charge in [-0.3, -0.25) is 0 Å². The molecule has 25 heavy (non-hydrogen) atoms. The van der Waals surface area contributed by atoms with Crippen LogP contribution in [-0.4, -0.2) is 12.9 Å². The summed E-state index contributed by atoms with van der Waals surface area (Å²) in [5.74, 6) is 1.92. The first-order chi connectivity index (χ1) is 11.9. The van der Waals surface area contributed by atoms with Crippen LogP contribution in [0.25, 0.3) is 0 Å². The quantitative estimate of drug-likeness (QED) is 0.797. The van der Waals surface area contributed by atoms with Crippen LogP contribution < -0.4 is 18.9 Å². The first kappa shape index (κ1) is 16.0. The molecular formula is C19H18F2O4. The third-order valence-electron chi connectivity index (χ3n) is 4.48. The number of halogens is 2. The molecule has 0 bridgehead atoms. The fraction of sp³-hybridized carbons (Fsp3) is 0.368. The van der Waals surface area contributed by atoms with Crippen molar-refractivity contribution < 1.29 is 27.7 Å². The van der Waals surface area contributed by atoms with Crippen molar-refractivity contribution in [1.29, 1.82) is 0 Å².